The molecule has 0 aromatic rings. The topological polar surface area (TPSA) is 0 Å². The van der Waals surface area contributed by atoms with Gasteiger partial charge in [0.05, 0.1) is 27.2 Å². The quantitative estimate of drug-likeness (QED) is 0.437. The number of allylic oxidation sites excluding steroid dienone is 1. The van der Waals surface area contributed by atoms with Crippen LogP contribution in [0.25, 0.3) is 0 Å². The summed E-state index contributed by atoms with van der Waals surface area (Å²) in [5.41, 5.74) is 1.57. The van der Waals surface area contributed by atoms with Gasteiger partial charge >= 0.3 is 0 Å². The Bertz CT molecular complexity index is 172. The fourth-order valence-electron chi connectivity index (χ4n) is 1.34. The normalized spacial score (nSPS) is 11.1. The molecule has 76 valence electrons. The predicted octanol–water partition coefficient (Wildman–Crippen LogP) is 3.00. The molecule has 0 aliphatic heterocycles. The van der Waals surface area contributed by atoms with E-state index in [-0.39, 0.29) is 0 Å². The number of rotatable bonds is 6. The van der Waals surface area contributed by atoms with Gasteiger partial charge in [0.25, 0.3) is 0 Å². The van der Waals surface area contributed by atoms with Crippen molar-refractivity contribution in [3.05, 3.63) is 24.3 Å². The Kier molecular flexibility index (Phi) is 5.72. The maximum atomic E-state index is 3.78. The Labute approximate surface area is 83.3 Å². The minimum Gasteiger partial charge on any atom is -0.322 e. The molecule has 0 aromatic carbocycles. The Morgan fingerprint density at radius 2 is 1.69 bits per heavy atom. The summed E-state index contributed by atoms with van der Waals surface area (Å²) in [6, 6.07) is 0. The molecule has 0 unspecified atom stereocenters. The van der Waals surface area contributed by atoms with Gasteiger partial charge < -0.3 is 4.48 Å². The lowest BCUT2D eigenvalue weighted by atomic mass is 10.1. The van der Waals surface area contributed by atoms with Crippen molar-refractivity contribution in [2.75, 3.05) is 27.2 Å². The first-order valence-electron chi connectivity index (χ1n) is 5.16. The second kappa shape index (κ2) is 5.98. The third-order valence-electron chi connectivity index (χ3n) is 2.41. The molecule has 0 rings (SSSR count). The summed E-state index contributed by atoms with van der Waals surface area (Å²) < 4.78 is 1.01. The molecule has 1 heteroatoms. The van der Waals surface area contributed by atoms with Crippen LogP contribution in [-0.2, 0) is 0 Å². The van der Waals surface area contributed by atoms with E-state index in [1.807, 2.05) is 6.08 Å². The van der Waals surface area contributed by atoms with Crippen LogP contribution >= 0.6 is 0 Å². The molecule has 0 amide bonds. The van der Waals surface area contributed by atoms with E-state index in [1.165, 1.54) is 12.8 Å². The first-order chi connectivity index (χ1) is 6.05. The minimum atomic E-state index is 1.01. The van der Waals surface area contributed by atoms with Gasteiger partial charge in [-0.2, -0.15) is 0 Å². The minimum absolute atomic E-state index is 1.01. The molecule has 0 aliphatic carbocycles. The van der Waals surface area contributed by atoms with Crippen LogP contribution in [0, 0.1) is 0 Å². The van der Waals surface area contributed by atoms with Crippen molar-refractivity contribution < 1.29 is 4.48 Å². The van der Waals surface area contributed by atoms with E-state index in [2.05, 4.69) is 40.6 Å². The SMILES string of the molecule is C=CC[N+](C)(C)CC=C(CC)CC. The van der Waals surface area contributed by atoms with E-state index in [1.54, 1.807) is 5.57 Å². The first kappa shape index (κ1) is 12.4. The second-order valence-corrected chi connectivity index (χ2v) is 4.16. The van der Waals surface area contributed by atoms with Crippen molar-refractivity contribution in [2.45, 2.75) is 26.7 Å². The van der Waals surface area contributed by atoms with Crippen LogP contribution in [0.1, 0.15) is 26.7 Å². The standard InChI is InChI=1S/C12H24N/c1-6-10-13(4,5)11-9-12(7-2)8-3/h6,9H,1,7-8,10-11H2,2-5H3/q+1. The van der Waals surface area contributed by atoms with E-state index in [0.717, 1.165) is 17.6 Å². The zero-order valence-corrected chi connectivity index (χ0v) is 9.64. The van der Waals surface area contributed by atoms with Crippen molar-refractivity contribution in [3.8, 4) is 0 Å². The zero-order chi connectivity index (χ0) is 10.3. The van der Waals surface area contributed by atoms with Gasteiger partial charge in [-0.25, -0.2) is 0 Å². The first-order valence-corrected chi connectivity index (χ1v) is 5.16. The van der Waals surface area contributed by atoms with Gasteiger partial charge in [-0.1, -0.05) is 26.0 Å². The number of nitrogens with zero attached hydrogens (tertiary/aromatic N) is 1. The fraction of sp³-hybridized carbons (Fsp3) is 0.667. The Morgan fingerprint density at radius 1 is 1.15 bits per heavy atom. The van der Waals surface area contributed by atoms with Crippen LogP contribution in [0.4, 0.5) is 0 Å². The smallest absolute Gasteiger partial charge is 0.0974 e. The highest BCUT2D eigenvalue weighted by Gasteiger charge is 2.09. The van der Waals surface area contributed by atoms with Gasteiger partial charge in [-0.3, -0.25) is 0 Å². The van der Waals surface area contributed by atoms with Gasteiger partial charge in [-0.15, -0.1) is 0 Å². The van der Waals surface area contributed by atoms with E-state index in [4.69, 9.17) is 0 Å². The Hall–Kier alpha value is -0.560. The molecule has 1 nitrogen and oxygen atoms in total. The molecule has 0 saturated heterocycles. The molecular weight excluding hydrogens is 158 g/mol. The van der Waals surface area contributed by atoms with E-state index in [0.29, 0.717) is 0 Å². The zero-order valence-electron chi connectivity index (χ0n) is 9.64. The van der Waals surface area contributed by atoms with Crippen molar-refractivity contribution in [1.29, 1.82) is 0 Å². The largest absolute Gasteiger partial charge is 0.322 e. The lowest BCUT2D eigenvalue weighted by Crippen LogP contribution is -2.39. The van der Waals surface area contributed by atoms with E-state index < -0.39 is 0 Å². The van der Waals surface area contributed by atoms with Crippen molar-refractivity contribution in [1.82, 2.24) is 0 Å². The number of likely N-dealkylation sites (N-methyl/N-ethyl adjacent to an activating group) is 1. The van der Waals surface area contributed by atoms with Crippen molar-refractivity contribution in [2.24, 2.45) is 0 Å². The molecule has 0 radical (unpaired) electrons. The van der Waals surface area contributed by atoms with Crippen LogP contribution in [0.15, 0.2) is 24.3 Å². The summed E-state index contributed by atoms with van der Waals surface area (Å²) in [6.07, 6.45) is 6.74. The van der Waals surface area contributed by atoms with Crippen LogP contribution in [-0.4, -0.2) is 31.7 Å². The second-order valence-electron chi connectivity index (χ2n) is 4.16. The molecule has 0 spiro atoms. The highest BCUT2D eigenvalue weighted by molar-refractivity contribution is 5.00. The Morgan fingerprint density at radius 3 is 2.08 bits per heavy atom. The molecule has 0 fully saturated rings. The molecule has 13 heavy (non-hydrogen) atoms. The summed E-state index contributed by atoms with van der Waals surface area (Å²) in [5, 5.41) is 0. The van der Waals surface area contributed by atoms with Crippen LogP contribution in [0.3, 0.4) is 0 Å². The average molecular weight is 182 g/mol. The van der Waals surface area contributed by atoms with Crippen LogP contribution in [0.2, 0.25) is 0 Å². The van der Waals surface area contributed by atoms with Gasteiger partial charge in [0, 0.05) is 0 Å². The molecular formula is C12H24N+. The van der Waals surface area contributed by atoms with E-state index in [9.17, 15) is 0 Å². The summed E-state index contributed by atoms with van der Waals surface area (Å²) in [7, 11) is 4.47. The van der Waals surface area contributed by atoms with Gasteiger partial charge in [0.2, 0.25) is 0 Å². The molecule has 0 atom stereocenters. The summed E-state index contributed by atoms with van der Waals surface area (Å²) >= 11 is 0. The lowest BCUT2D eigenvalue weighted by molar-refractivity contribution is -0.878. The molecule has 0 bridgehead atoms. The van der Waals surface area contributed by atoms with Crippen LogP contribution < -0.4 is 0 Å². The van der Waals surface area contributed by atoms with Crippen molar-refractivity contribution >= 4 is 0 Å². The fourth-order valence-corrected chi connectivity index (χ4v) is 1.34. The molecule has 0 heterocycles. The molecule has 0 aliphatic rings. The third-order valence-corrected chi connectivity index (χ3v) is 2.41. The highest BCUT2D eigenvalue weighted by atomic mass is 15.3. The summed E-state index contributed by atoms with van der Waals surface area (Å²) in [4.78, 5) is 0. The number of quaternary nitrogens is 1. The lowest BCUT2D eigenvalue weighted by Gasteiger charge is -2.27. The van der Waals surface area contributed by atoms with Gasteiger partial charge in [-0.05, 0) is 25.0 Å². The Balaban J connectivity index is 4.10. The van der Waals surface area contributed by atoms with Crippen LogP contribution in [0.5, 0.6) is 0 Å². The van der Waals surface area contributed by atoms with Crippen molar-refractivity contribution in [3.63, 3.8) is 0 Å². The maximum absolute atomic E-state index is 3.78. The molecule has 0 saturated carbocycles. The average Bonchev–Trinajstić information content (AvgIpc) is 2.06. The summed E-state index contributed by atoms with van der Waals surface area (Å²) in [5.74, 6) is 0. The van der Waals surface area contributed by atoms with Gasteiger partial charge in [0.15, 0.2) is 0 Å². The maximum Gasteiger partial charge on any atom is 0.0974 e. The monoisotopic (exact) mass is 182 g/mol. The van der Waals surface area contributed by atoms with Gasteiger partial charge in [0.1, 0.15) is 0 Å². The predicted molar refractivity (Wildman–Crippen MR) is 60.7 cm³/mol. The summed E-state index contributed by atoms with van der Waals surface area (Å²) in [6.45, 7) is 10.4. The highest BCUT2D eigenvalue weighted by Crippen LogP contribution is 2.07. The third kappa shape index (κ3) is 5.64. The molecule has 0 N–H and O–H groups in total. The van der Waals surface area contributed by atoms with E-state index >= 15 is 0 Å². The molecule has 0 aromatic heterocycles. The number of hydrogen-bond donors (Lipinski definition) is 0. The number of hydrogen-bond acceptors (Lipinski definition) is 0.